The van der Waals surface area contributed by atoms with E-state index in [0.717, 1.165) is 11.0 Å². The molecule has 0 radical (unpaired) electrons. The van der Waals surface area contributed by atoms with E-state index in [1.807, 2.05) is 18.3 Å². The molecule has 0 N–H and O–H groups in total. The molecule has 96 valence electrons. The van der Waals surface area contributed by atoms with Gasteiger partial charge in [-0.2, -0.15) is 0 Å². The van der Waals surface area contributed by atoms with Crippen LogP contribution in [0, 0.1) is 3.57 Å². The first-order valence-corrected chi connectivity index (χ1v) is 7.53. The summed E-state index contributed by atoms with van der Waals surface area (Å²) in [7, 11) is 0. The van der Waals surface area contributed by atoms with Crippen LogP contribution in [0.5, 0.6) is 0 Å². The summed E-state index contributed by atoms with van der Waals surface area (Å²) in [5, 5.41) is 1.20. The zero-order valence-corrected chi connectivity index (χ0v) is 12.8. The van der Waals surface area contributed by atoms with Crippen molar-refractivity contribution in [3.8, 4) is 5.69 Å². The van der Waals surface area contributed by atoms with E-state index in [4.69, 9.17) is 0 Å². The minimum atomic E-state index is 1.06. The average Bonchev–Trinajstić information content (AvgIpc) is 2.84. The third kappa shape index (κ3) is 1.66. The van der Waals surface area contributed by atoms with Crippen molar-refractivity contribution in [1.82, 2.24) is 9.55 Å². The SMILES string of the molecule is Ic1cccc2c3ncccc3n(-c3ccccc3)c12. The molecule has 4 rings (SSSR count). The van der Waals surface area contributed by atoms with Gasteiger partial charge in [0.2, 0.25) is 0 Å². The second-order valence-corrected chi connectivity index (χ2v) is 5.84. The lowest BCUT2D eigenvalue weighted by molar-refractivity contribution is 1.17. The van der Waals surface area contributed by atoms with Gasteiger partial charge in [0.05, 0.1) is 16.6 Å². The molecule has 3 heteroatoms. The zero-order chi connectivity index (χ0) is 13.5. The van der Waals surface area contributed by atoms with Crippen molar-refractivity contribution in [3.63, 3.8) is 0 Å². The average molecular weight is 370 g/mol. The summed E-state index contributed by atoms with van der Waals surface area (Å²) >= 11 is 2.40. The first kappa shape index (κ1) is 11.9. The maximum absolute atomic E-state index is 4.57. The largest absolute Gasteiger partial charge is 0.307 e. The Morgan fingerprint density at radius 2 is 1.70 bits per heavy atom. The van der Waals surface area contributed by atoms with E-state index in [9.17, 15) is 0 Å². The van der Waals surface area contributed by atoms with Crippen LogP contribution in [-0.4, -0.2) is 9.55 Å². The fourth-order valence-corrected chi connectivity index (χ4v) is 3.42. The normalized spacial score (nSPS) is 11.2. The molecule has 0 atom stereocenters. The standard InChI is InChI=1S/C17H11IN2/c18-14-9-4-8-13-16-15(10-5-11-19-16)20(17(13)14)12-6-2-1-3-7-12/h1-11H. The fourth-order valence-electron chi connectivity index (χ4n) is 2.68. The summed E-state index contributed by atoms with van der Waals surface area (Å²) in [5.74, 6) is 0. The molecular weight excluding hydrogens is 359 g/mol. The third-order valence-corrected chi connectivity index (χ3v) is 4.38. The smallest absolute Gasteiger partial charge is 0.0963 e. The Labute approximate surface area is 130 Å². The van der Waals surface area contributed by atoms with E-state index < -0.39 is 0 Å². The van der Waals surface area contributed by atoms with Gasteiger partial charge < -0.3 is 4.57 Å². The topological polar surface area (TPSA) is 17.8 Å². The molecule has 20 heavy (non-hydrogen) atoms. The number of halogens is 1. The van der Waals surface area contributed by atoms with Gasteiger partial charge in [-0.05, 0) is 52.9 Å². The number of hydrogen-bond acceptors (Lipinski definition) is 1. The molecule has 0 saturated heterocycles. The van der Waals surface area contributed by atoms with Crippen LogP contribution >= 0.6 is 22.6 Å². The first-order valence-electron chi connectivity index (χ1n) is 6.45. The van der Waals surface area contributed by atoms with Crippen LogP contribution in [0.1, 0.15) is 0 Å². The van der Waals surface area contributed by atoms with Crippen LogP contribution in [0.2, 0.25) is 0 Å². The van der Waals surface area contributed by atoms with Gasteiger partial charge in [-0.3, -0.25) is 4.98 Å². The van der Waals surface area contributed by atoms with Crippen molar-refractivity contribution in [3.05, 3.63) is 70.4 Å². The zero-order valence-electron chi connectivity index (χ0n) is 10.6. The minimum absolute atomic E-state index is 1.06. The number of para-hydroxylation sites is 2. The summed E-state index contributed by atoms with van der Waals surface area (Å²) in [4.78, 5) is 4.57. The third-order valence-electron chi connectivity index (χ3n) is 3.51. The Bertz CT molecular complexity index is 910. The number of fused-ring (bicyclic) bond motifs is 3. The van der Waals surface area contributed by atoms with E-state index >= 15 is 0 Å². The van der Waals surface area contributed by atoms with E-state index in [0.29, 0.717) is 0 Å². The Morgan fingerprint density at radius 3 is 2.55 bits per heavy atom. The predicted molar refractivity (Wildman–Crippen MR) is 91.3 cm³/mol. The molecule has 0 unspecified atom stereocenters. The summed E-state index contributed by atoms with van der Waals surface area (Å²) < 4.78 is 3.53. The molecule has 0 aliphatic heterocycles. The molecule has 2 aromatic carbocycles. The maximum atomic E-state index is 4.57. The molecule has 0 bridgehead atoms. The van der Waals surface area contributed by atoms with Gasteiger partial charge in [-0.25, -0.2) is 0 Å². The van der Waals surface area contributed by atoms with Crippen LogP contribution in [0.4, 0.5) is 0 Å². The fraction of sp³-hybridized carbons (Fsp3) is 0. The second kappa shape index (κ2) is 4.59. The highest BCUT2D eigenvalue weighted by molar-refractivity contribution is 14.1. The van der Waals surface area contributed by atoms with Gasteiger partial charge in [-0.1, -0.05) is 30.3 Å². The second-order valence-electron chi connectivity index (χ2n) is 4.68. The molecule has 2 nitrogen and oxygen atoms in total. The highest BCUT2D eigenvalue weighted by Gasteiger charge is 2.14. The van der Waals surface area contributed by atoms with Gasteiger partial charge in [-0.15, -0.1) is 0 Å². The molecule has 2 heterocycles. The Morgan fingerprint density at radius 1 is 0.850 bits per heavy atom. The van der Waals surface area contributed by atoms with Crippen molar-refractivity contribution in [2.75, 3.05) is 0 Å². The maximum Gasteiger partial charge on any atom is 0.0963 e. The summed E-state index contributed by atoms with van der Waals surface area (Å²) in [6.07, 6.45) is 1.86. The number of hydrogen-bond donors (Lipinski definition) is 0. The van der Waals surface area contributed by atoms with Gasteiger partial charge in [0.25, 0.3) is 0 Å². The minimum Gasteiger partial charge on any atom is -0.307 e. The first-order chi connectivity index (χ1) is 9.86. The van der Waals surface area contributed by atoms with E-state index in [-0.39, 0.29) is 0 Å². The molecule has 4 aromatic rings. The lowest BCUT2D eigenvalue weighted by Crippen LogP contribution is -1.94. The van der Waals surface area contributed by atoms with Crippen molar-refractivity contribution in [1.29, 1.82) is 0 Å². The molecule has 0 amide bonds. The quantitative estimate of drug-likeness (QED) is 0.441. The number of rotatable bonds is 1. The number of benzene rings is 2. The van der Waals surface area contributed by atoms with Crippen molar-refractivity contribution in [2.45, 2.75) is 0 Å². The summed E-state index contributed by atoms with van der Waals surface area (Å²) in [6.45, 7) is 0. The van der Waals surface area contributed by atoms with Crippen molar-refractivity contribution in [2.24, 2.45) is 0 Å². The van der Waals surface area contributed by atoms with Gasteiger partial charge in [0.15, 0.2) is 0 Å². The Hall–Kier alpha value is -1.88. The van der Waals surface area contributed by atoms with Gasteiger partial charge in [0, 0.05) is 20.8 Å². The van der Waals surface area contributed by atoms with Crippen LogP contribution in [-0.2, 0) is 0 Å². The molecule has 0 aliphatic rings. The molecular formula is C17H11IN2. The lowest BCUT2D eigenvalue weighted by atomic mass is 10.2. The number of aromatic nitrogens is 2. The Kier molecular flexibility index (Phi) is 2.73. The van der Waals surface area contributed by atoms with Gasteiger partial charge in [0.1, 0.15) is 0 Å². The Balaban J connectivity index is 2.27. The van der Waals surface area contributed by atoms with Crippen LogP contribution in [0.3, 0.4) is 0 Å². The van der Waals surface area contributed by atoms with E-state index in [2.05, 4.69) is 80.7 Å². The highest BCUT2D eigenvalue weighted by Crippen LogP contribution is 2.32. The molecule has 0 aliphatic carbocycles. The highest BCUT2D eigenvalue weighted by atomic mass is 127. The summed E-state index contributed by atoms with van der Waals surface area (Å²) in [6, 6.07) is 20.9. The molecule has 0 fully saturated rings. The molecule has 0 saturated carbocycles. The molecule has 2 aromatic heterocycles. The van der Waals surface area contributed by atoms with Crippen LogP contribution in [0.25, 0.3) is 27.6 Å². The van der Waals surface area contributed by atoms with E-state index in [1.54, 1.807) is 0 Å². The van der Waals surface area contributed by atoms with E-state index in [1.165, 1.54) is 20.2 Å². The predicted octanol–water partition coefficient (Wildman–Crippen LogP) is 4.78. The van der Waals surface area contributed by atoms with Crippen LogP contribution < -0.4 is 0 Å². The molecule has 0 spiro atoms. The van der Waals surface area contributed by atoms with Gasteiger partial charge >= 0.3 is 0 Å². The lowest BCUT2D eigenvalue weighted by Gasteiger charge is -2.08. The monoisotopic (exact) mass is 370 g/mol. The summed E-state index contributed by atoms with van der Waals surface area (Å²) in [5.41, 5.74) is 4.61. The van der Waals surface area contributed by atoms with Crippen molar-refractivity contribution >= 4 is 44.5 Å². The van der Waals surface area contributed by atoms with Crippen LogP contribution in [0.15, 0.2) is 66.9 Å². The van der Waals surface area contributed by atoms with Crippen molar-refractivity contribution < 1.29 is 0 Å². The number of nitrogens with zero attached hydrogens (tertiary/aromatic N) is 2. The number of pyridine rings is 1.